The lowest BCUT2D eigenvalue weighted by Gasteiger charge is -2.49. The predicted octanol–water partition coefficient (Wildman–Crippen LogP) is 2.61. The summed E-state index contributed by atoms with van der Waals surface area (Å²) in [6.07, 6.45) is 9.64. The van der Waals surface area contributed by atoms with Crippen LogP contribution < -0.4 is 10.3 Å². The Morgan fingerprint density at radius 3 is 2.72 bits per heavy atom. The van der Waals surface area contributed by atoms with Crippen LogP contribution in [0.3, 0.4) is 0 Å². The molecule has 0 radical (unpaired) electrons. The highest BCUT2D eigenvalue weighted by Crippen LogP contribution is 2.54. The van der Waals surface area contributed by atoms with Crippen molar-refractivity contribution in [3.05, 3.63) is 30.1 Å². The fourth-order valence-corrected chi connectivity index (χ4v) is 7.00. The Bertz CT molecular complexity index is 1040. The van der Waals surface area contributed by atoms with E-state index in [0.717, 1.165) is 54.6 Å². The van der Waals surface area contributed by atoms with Crippen molar-refractivity contribution in [2.75, 3.05) is 43.2 Å². The van der Waals surface area contributed by atoms with Gasteiger partial charge in [0.25, 0.3) is 0 Å². The number of thioether (sulfide) groups is 1. The number of ether oxygens (including phenoxy) is 1. The largest absolute Gasteiger partial charge is 0.385 e. The number of hydrazine groups is 1. The number of rotatable bonds is 3. The number of aromatic nitrogens is 3. The van der Waals surface area contributed by atoms with Gasteiger partial charge in [0, 0.05) is 25.2 Å². The molecule has 1 spiro atoms. The molecule has 9 heteroatoms. The first-order valence-electron chi connectivity index (χ1n) is 11.7. The first-order chi connectivity index (χ1) is 15.5. The first-order valence-corrected chi connectivity index (χ1v) is 12.8. The summed E-state index contributed by atoms with van der Waals surface area (Å²) in [7, 11) is 2.00. The fraction of sp³-hybridized carbons (Fsp3) is 0.652. The zero-order valence-corrected chi connectivity index (χ0v) is 19.6. The molecule has 172 valence electrons. The normalized spacial score (nSPS) is 29.4. The summed E-state index contributed by atoms with van der Waals surface area (Å²) in [6, 6.07) is 2.38. The van der Waals surface area contributed by atoms with Gasteiger partial charge >= 0.3 is 0 Å². The van der Waals surface area contributed by atoms with E-state index in [0.29, 0.717) is 18.6 Å². The quantitative estimate of drug-likeness (QED) is 0.730. The number of anilines is 1. The number of hydrogen-bond acceptors (Lipinski definition) is 8. The monoisotopic (exact) mass is 456 g/mol. The number of fused-ring (bicyclic) bond motifs is 1. The number of morpholine rings is 1. The molecule has 2 atom stereocenters. The summed E-state index contributed by atoms with van der Waals surface area (Å²) in [5, 5.41) is 19.7. The highest BCUT2D eigenvalue weighted by atomic mass is 32.2. The van der Waals surface area contributed by atoms with Gasteiger partial charge in [-0.3, -0.25) is 0 Å². The third-order valence-corrected chi connectivity index (χ3v) is 9.50. The molecule has 2 N–H and O–H groups in total. The van der Waals surface area contributed by atoms with E-state index in [2.05, 4.69) is 29.4 Å². The van der Waals surface area contributed by atoms with Crippen molar-refractivity contribution in [1.82, 2.24) is 25.2 Å². The van der Waals surface area contributed by atoms with Crippen LogP contribution in [0.15, 0.2) is 24.5 Å². The van der Waals surface area contributed by atoms with Gasteiger partial charge in [0.05, 0.1) is 31.1 Å². The zero-order valence-electron chi connectivity index (χ0n) is 18.8. The van der Waals surface area contributed by atoms with Gasteiger partial charge in [0.2, 0.25) is 0 Å². The summed E-state index contributed by atoms with van der Waals surface area (Å²) in [6.45, 7) is 4.36. The molecule has 3 fully saturated rings. The van der Waals surface area contributed by atoms with E-state index >= 15 is 0 Å². The Hall–Kier alpha value is -1.81. The molecule has 3 aliphatic heterocycles. The molecule has 2 aromatic rings. The topological polar surface area (TPSA) is 78.7 Å². The smallest absolute Gasteiger partial charge is 0.162 e. The average Bonchev–Trinajstić information content (AvgIpc) is 3.38. The van der Waals surface area contributed by atoms with Gasteiger partial charge in [0.1, 0.15) is 12.0 Å². The Balaban J connectivity index is 1.46. The van der Waals surface area contributed by atoms with Crippen molar-refractivity contribution in [3.63, 3.8) is 0 Å². The number of nitrogens with one attached hydrogen (secondary N) is 1. The van der Waals surface area contributed by atoms with Crippen LogP contribution in [0, 0.1) is 5.41 Å². The molecular weight excluding hydrogens is 424 g/mol. The predicted molar refractivity (Wildman–Crippen MR) is 126 cm³/mol. The maximum Gasteiger partial charge on any atom is 0.162 e. The lowest BCUT2D eigenvalue weighted by molar-refractivity contribution is -0.0296. The van der Waals surface area contributed by atoms with Crippen molar-refractivity contribution in [1.29, 1.82) is 0 Å². The molecule has 8 nitrogen and oxygen atoms in total. The number of pyridine rings is 1. The van der Waals surface area contributed by atoms with Crippen molar-refractivity contribution in [2.45, 2.75) is 50.4 Å². The van der Waals surface area contributed by atoms with E-state index in [-0.39, 0.29) is 12.2 Å². The van der Waals surface area contributed by atoms with E-state index < -0.39 is 5.60 Å². The minimum absolute atomic E-state index is 0.0542. The van der Waals surface area contributed by atoms with Crippen LogP contribution in [0.25, 0.3) is 11.0 Å². The Labute approximate surface area is 193 Å². The van der Waals surface area contributed by atoms with Gasteiger partial charge in [-0.2, -0.15) is 21.9 Å². The van der Waals surface area contributed by atoms with Crippen LogP contribution in [-0.2, 0) is 10.3 Å². The molecule has 6 rings (SSSR count). The summed E-state index contributed by atoms with van der Waals surface area (Å²) >= 11 is 2.04. The van der Waals surface area contributed by atoms with E-state index in [4.69, 9.17) is 14.8 Å². The Morgan fingerprint density at radius 2 is 2.06 bits per heavy atom. The number of hydrogen-bond donors (Lipinski definition) is 2. The maximum absolute atomic E-state index is 12.0. The minimum atomic E-state index is -0.833. The molecule has 2 saturated heterocycles. The SMILES string of the molecule is CC1COCCN1c1cc(C2(O)CCC3(CC2)CSC3)c2cnn(C3C=CNN3C)c2n1. The summed E-state index contributed by atoms with van der Waals surface area (Å²) in [5.41, 5.74) is 4.64. The number of likely N-dealkylation sites (N-methyl/N-ethyl adjacent to an activating group) is 1. The van der Waals surface area contributed by atoms with Crippen molar-refractivity contribution in [2.24, 2.45) is 5.41 Å². The van der Waals surface area contributed by atoms with Gasteiger partial charge in [0.15, 0.2) is 5.65 Å². The zero-order chi connectivity index (χ0) is 21.9. The van der Waals surface area contributed by atoms with Crippen LogP contribution in [0.5, 0.6) is 0 Å². The van der Waals surface area contributed by atoms with Crippen molar-refractivity contribution in [3.8, 4) is 0 Å². The van der Waals surface area contributed by atoms with E-state index in [1.807, 2.05) is 40.9 Å². The summed E-state index contributed by atoms with van der Waals surface area (Å²) in [4.78, 5) is 7.41. The van der Waals surface area contributed by atoms with Gasteiger partial charge in [-0.05, 0) is 67.2 Å². The van der Waals surface area contributed by atoms with Gasteiger partial charge < -0.3 is 20.2 Å². The fourth-order valence-electron chi connectivity index (χ4n) is 5.64. The molecule has 2 aromatic heterocycles. The lowest BCUT2D eigenvalue weighted by atomic mass is 9.68. The van der Waals surface area contributed by atoms with Crippen LogP contribution in [-0.4, -0.2) is 69.2 Å². The van der Waals surface area contributed by atoms with E-state index in [9.17, 15) is 5.11 Å². The highest BCUT2D eigenvalue weighted by molar-refractivity contribution is 8.00. The molecular formula is C23H32N6O2S. The molecule has 32 heavy (non-hydrogen) atoms. The van der Waals surface area contributed by atoms with E-state index in [1.54, 1.807) is 0 Å². The Morgan fingerprint density at radius 1 is 1.25 bits per heavy atom. The van der Waals surface area contributed by atoms with E-state index in [1.165, 1.54) is 11.5 Å². The van der Waals surface area contributed by atoms with Crippen LogP contribution in [0.4, 0.5) is 5.82 Å². The molecule has 4 aliphatic rings. The number of aliphatic hydroxyl groups is 1. The second-order valence-corrected chi connectivity index (χ2v) is 11.0. The second-order valence-electron chi connectivity index (χ2n) is 10.0. The molecule has 2 unspecified atom stereocenters. The average molecular weight is 457 g/mol. The maximum atomic E-state index is 12.0. The summed E-state index contributed by atoms with van der Waals surface area (Å²) in [5.74, 6) is 3.41. The third kappa shape index (κ3) is 3.24. The Kier molecular flexibility index (Phi) is 4.94. The van der Waals surface area contributed by atoms with Gasteiger partial charge in [-0.15, -0.1) is 0 Å². The molecule has 0 bridgehead atoms. The van der Waals surface area contributed by atoms with Crippen molar-refractivity contribution >= 4 is 28.6 Å². The molecule has 1 saturated carbocycles. The van der Waals surface area contributed by atoms with Gasteiger partial charge in [-0.1, -0.05) is 0 Å². The van der Waals surface area contributed by atoms with Crippen LogP contribution >= 0.6 is 11.8 Å². The number of nitrogens with zero attached hydrogens (tertiary/aromatic N) is 5. The highest BCUT2D eigenvalue weighted by Gasteiger charge is 2.47. The second kappa shape index (κ2) is 7.62. The third-order valence-electron chi connectivity index (χ3n) is 7.86. The standard InChI is InChI=1S/C23H32N6O2S/c1-16-13-31-10-9-28(16)19-11-18(23(30)6-4-22(5-7-23)14-32-15-22)17-12-25-29(21(17)26-19)20-3-8-24-27(20)2/h3,8,11-12,16,20,24,30H,4-7,9-10,13-15H2,1-2H3. The van der Waals surface area contributed by atoms with Crippen LogP contribution in [0.2, 0.25) is 0 Å². The first kappa shape index (κ1) is 20.8. The lowest BCUT2D eigenvalue weighted by Crippen LogP contribution is -2.45. The van der Waals surface area contributed by atoms with Crippen LogP contribution in [0.1, 0.15) is 44.3 Å². The van der Waals surface area contributed by atoms with Crippen molar-refractivity contribution < 1.29 is 9.84 Å². The summed E-state index contributed by atoms with van der Waals surface area (Å²) < 4.78 is 7.63. The minimum Gasteiger partial charge on any atom is -0.385 e. The van der Waals surface area contributed by atoms with Gasteiger partial charge in [-0.25, -0.2) is 9.67 Å². The molecule has 0 aromatic carbocycles. The molecule has 1 aliphatic carbocycles. The molecule has 0 amide bonds. The molecule has 5 heterocycles.